The Morgan fingerprint density at radius 1 is 1.58 bits per heavy atom. The molecule has 0 N–H and O–H groups in total. The van der Waals surface area contributed by atoms with Gasteiger partial charge in [0.2, 0.25) is 0 Å². The highest BCUT2D eigenvalue weighted by Gasteiger charge is 2.07. The normalized spacial score (nSPS) is 9.92. The van der Waals surface area contributed by atoms with Gasteiger partial charge in [-0.05, 0) is 18.2 Å². The molecule has 0 aliphatic carbocycles. The van der Waals surface area contributed by atoms with E-state index in [1.165, 1.54) is 0 Å². The first-order chi connectivity index (χ1) is 5.65. The van der Waals surface area contributed by atoms with E-state index in [0.717, 1.165) is 4.47 Å². The van der Waals surface area contributed by atoms with Gasteiger partial charge in [0, 0.05) is 16.5 Å². The van der Waals surface area contributed by atoms with Crippen molar-refractivity contribution in [2.75, 3.05) is 0 Å². The highest BCUT2D eigenvalue weighted by atomic mass is 79.9. The van der Waals surface area contributed by atoms with Gasteiger partial charge in [0.15, 0.2) is 5.78 Å². The third kappa shape index (κ3) is 2.08. The molecule has 1 nitrogen and oxygen atoms in total. The Morgan fingerprint density at radius 2 is 2.25 bits per heavy atom. The predicted octanol–water partition coefficient (Wildman–Crippen LogP) is 3.70. The average molecular weight is 248 g/mol. The van der Waals surface area contributed by atoms with Crippen LogP contribution in [0.2, 0.25) is 5.02 Å². The molecule has 0 unspecified atom stereocenters. The molecular formula is C9H8BrClO. The largest absolute Gasteiger partial charge is 0.294 e. The van der Waals surface area contributed by atoms with Crippen LogP contribution in [0.15, 0.2) is 22.7 Å². The quantitative estimate of drug-likeness (QED) is 0.728. The molecule has 0 heterocycles. The Balaban J connectivity index is 3.09. The van der Waals surface area contributed by atoms with Crippen LogP contribution in [-0.2, 0) is 0 Å². The lowest BCUT2D eigenvalue weighted by molar-refractivity contribution is 0.0988. The van der Waals surface area contributed by atoms with Crippen molar-refractivity contribution in [1.29, 1.82) is 0 Å². The molecule has 3 heteroatoms. The number of hydrogen-bond acceptors (Lipinski definition) is 1. The van der Waals surface area contributed by atoms with E-state index in [0.29, 0.717) is 17.0 Å². The van der Waals surface area contributed by atoms with Gasteiger partial charge >= 0.3 is 0 Å². The summed E-state index contributed by atoms with van der Waals surface area (Å²) < 4.78 is 0.889. The third-order valence-electron chi connectivity index (χ3n) is 1.55. The maximum Gasteiger partial charge on any atom is 0.164 e. The maximum absolute atomic E-state index is 11.2. The van der Waals surface area contributed by atoms with E-state index in [1.807, 2.05) is 13.0 Å². The van der Waals surface area contributed by atoms with Crippen molar-refractivity contribution in [2.24, 2.45) is 0 Å². The second-order valence-corrected chi connectivity index (χ2v) is 3.72. The Kier molecular flexibility index (Phi) is 3.29. The number of carbonyl (C=O) groups is 1. The fourth-order valence-electron chi connectivity index (χ4n) is 0.906. The zero-order chi connectivity index (χ0) is 9.14. The number of rotatable bonds is 2. The highest BCUT2D eigenvalue weighted by Crippen LogP contribution is 2.22. The molecule has 1 aromatic rings. The van der Waals surface area contributed by atoms with E-state index in [1.54, 1.807) is 12.1 Å². The minimum Gasteiger partial charge on any atom is -0.294 e. The zero-order valence-corrected chi connectivity index (χ0v) is 8.95. The van der Waals surface area contributed by atoms with E-state index in [4.69, 9.17) is 11.6 Å². The Hall–Kier alpha value is -0.340. The van der Waals surface area contributed by atoms with E-state index in [2.05, 4.69) is 15.9 Å². The minimum absolute atomic E-state index is 0.0764. The third-order valence-corrected chi connectivity index (χ3v) is 2.36. The first-order valence-electron chi connectivity index (χ1n) is 3.63. The van der Waals surface area contributed by atoms with Crippen LogP contribution in [0, 0.1) is 0 Å². The molecule has 1 rings (SSSR count). The fourth-order valence-corrected chi connectivity index (χ4v) is 1.68. The molecule has 0 aliphatic heterocycles. The van der Waals surface area contributed by atoms with Gasteiger partial charge in [0.05, 0.1) is 5.02 Å². The molecule has 0 saturated heterocycles. The SMILES string of the molecule is CCC(=O)c1ccc(Br)cc1Cl. The second-order valence-electron chi connectivity index (χ2n) is 2.40. The van der Waals surface area contributed by atoms with Crippen LogP contribution < -0.4 is 0 Å². The summed E-state index contributed by atoms with van der Waals surface area (Å²) in [5.41, 5.74) is 0.599. The van der Waals surface area contributed by atoms with Crippen molar-refractivity contribution in [1.82, 2.24) is 0 Å². The van der Waals surface area contributed by atoms with Crippen LogP contribution in [0.1, 0.15) is 23.7 Å². The van der Waals surface area contributed by atoms with Gasteiger partial charge in [0.25, 0.3) is 0 Å². The topological polar surface area (TPSA) is 17.1 Å². The summed E-state index contributed by atoms with van der Waals surface area (Å²) in [7, 11) is 0. The predicted molar refractivity (Wildman–Crippen MR) is 53.8 cm³/mol. The number of hydrogen-bond donors (Lipinski definition) is 0. The molecule has 0 fully saturated rings. The molecular weight excluding hydrogens is 239 g/mol. The van der Waals surface area contributed by atoms with Crippen molar-refractivity contribution < 1.29 is 4.79 Å². The molecule has 0 aliphatic rings. The van der Waals surface area contributed by atoms with Crippen molar-refractivity contribution in [3.63, 3.8) is 0 Å². The van der Waals surface area contributed by atoms with Gasteiger partial charge < -0.3 is 0 Å². The summed E-state index contributed by atoms with van der Waals surface area (Å²) in [5, 5.41) is 0.510. The maximum atomic E-state index is 11.2. The number of Topliss-reactive ketones (excluding diaryl/α,β-unsaturated/α-hetero) is 1. The monoisotopic (exact) mass is 246 g/mol. The summed E-state index contributed by atoms with van der Waals surface area (Å²) >= 11 is 9.12. The van der Waals surface area contributed by atoms with Crippen LogP contribution in [-0.4, -0.2) is 5.78 Å². The van der Waals surface area contributed by atoms with Crippen molar-refractivity contribution in [3.05, 3.63) is 33.3 Å². The molecule has 0 aromatic heterocycles. The lowest BCUT2D eigenvalue weighted by Crippen LogP contribution is -1.96. The molecule has 0 atom stereocenters. The average Bonchev–Trinajstić information content (AvgIpc) is 2.03. The first-order valence-corrected chi connectivity index (χ1v) is 4.80. The van der Waals surface area contributed by atoms with E-state index in [9.17, 15) is 4.79 Å². The van der Waals surface area contributed by atoms with Gasteiger partial charge in [-0.1, -0.05) is 34.5 Å². The second kappa shape index (κ2) is 4.06. The van der Waals surface area contributed by atoms with E-state index in [-0.39, 0.29) is 5.78 Å². The summed E-state index contributed by atoms with van der Waals surface area (Å²) in [4.78, 5) is 11.2. The summed E-state index contributed by atoms with van der Waals surface area (Å²) in [5.74, 6) is 0.0764. The minimum atomic E-state index is 0.0764. The molecule has 64 valence electrons. The molecule has 0 radical (unpaired) electrons. The first kappa shape index (κ1) is 9.75. The van der Waals surface area contributed by atoms with E-state index < -0.39 is 0 Å². The molecule has 0 spiro atoms. The van der Waals surface area contributed by atoms with Crippen molar-refractivity contribution in [2.45, 2.75) is 13.3 Å². The zero-order valence-electron chi connectivity index (χ0n) is 6.60. The summed E-state index contributed by atoms with van der Waals surface area (Å²) in [6, 6.07) is 5.28. The summed E-state index contributed by atoms with van der Waals surface area (Å²) in [6.07, 6.45) is 0.487. The van der Waals surface area contributed by atoms with Gasteiger partial charge in [-0.2, -0.15) is 0 Å². The lowest BCUT2D eigenvalue weighted by Gasteiger charge is -2.00. The fraction of sp³-hybridized carbons (Fsp3) is 0.222. The number of carbonyl (C=O) groups excluding carboxylic acids is 1. The summed E-state index contributed by atoms with van der Waals surface area (Å²) in [6.45, 7) is 1.82. The molecule has 0 amide bonds. The van der Waals surface area contributed by atoms with Gasteiger partial charge in [-0.3, -0.25) is 4.79 Å². The number of benzene rings is 1. The number of halogens is 2. The molecule has 12 heavy (non-hydrogen) atoms. The smallest absolute Gasteiger partial charge is 0.164 e. The van der Waals surface area contributed by atoms with Crippen molar-refractivity contribution in [3.8, 4) is 0 Å². The van der Waals surface area contributed by atoms with Gasteiger partial charge in [-0.25, -0.2) is 0 Å². The van der Waals surface area contributed by atoms with Crippen LogP contribution in [0.3, 0.4) is 0 Å². The van der Waals surface area contributed by atoms with Crippen LogP contribution in [0.4, 0.5) is 0 Å². The van der Waals surface area contributed by atoms with Gasteiger partial charge in [-0.15, -0.1) is 0 Å². The highest BCUT2D eigenvalue weighted by molar-refractivity contribution is 9.10. The van der Waals surface area contributed by atoms with Crippen LogP contribution in [0.5, 0.6) is 0 Å². The van der Waals surface area contributed by atoms with E-state index >= 15 is 0 Å². The van der Waals surface area contributed by atoms with Crippen molar-refractivity contribution >= 4 is 33.3 Å². The Morgan fingerprint density at radius 3 is 2.75 bits per heavy atom. The number of ketones is 1. The molecule has 0 saturated carbocycles. The molecule has 1 aromatic carbocycles. The Bertz CT molecular complexity index is 309. The van der Waals surface area contributed by atoms with Gasteiger partial charge in [0.1, 0.15) is 0 Å². The standard InChI is InChI=1S/C9H8BrClO/c1-2-9(12)7-4-3-6(10)5-8(7)11/h3-5H,2H2,1H3. The van der Waals surface area contributed by atoms with Crippen LogP contribution in [0.25, 0.3) is 0 Å². The molecule has 0 bridgehead atoms. The Labute approximate surface area is 84.9 Å². The lowest BCUT2D eigenvalue weighted by atomic mass is 10.1. The van der Waals surface area contributed by atoms with Crippen LogP contribution >= 0.6 is 27.5 Å².